The molecule has 4 nitrogen and oxygen atoms in total. The molecule has 0 spiro atoms. The summed E-state index contributed by atoms with van der Waals surface area (Å²) < 4.78 is 13.2. The lowest BCUT2D eigenvalue weighted by atomic mass is 9.49. The molecule has 2 aromatic rings. The van der Waals surface area contributed by atoms with Gasteiger partial charge in [-0.25, -0.2) is 14.4 Å². The van der Waals surface area contributed by atoms with Crippen LogP contribution in [0.4, 0.5) is 10.2 Å². The van der Waals surface area contributed by atoms with E-state index in [4.69, 9.17) is 0 Å². The van der Waals surface area contributed by atoms with E-state index in [0.717, 1.165) is 67.4 Å². The van der Waals surface area contributed by atoms with Crippen molar-refractivity contribution in [2.75, 3.05) is 18.4 Å². The van der Waals surface area contributed by atoms with Crippen molar-refractivity contribution in [2.45, 2.75) is 58.0 Å². The highest BCUT2D eigenvalue weighted by atomic mass is 19.1. The Kier molecular flexibility index (Phi) is 4.56. The molecule has 0 unspecified atom stereocenters. The Bertz CT molecular complexity index is 890. The molecule has 7 rings (SSSR count). The van der Waals surface area contributed by atoms with Crippen molar-refractivity contribution in [3.63, 3.8) is 0 Å². The van der Waals surface area contributed by atoms with Gasteiger partial charge in [0.15, 0.2) is 0 Å². The third-order valence-corrected chi connectivity index (χ3v) is 8.20. The summed E-state index contributed by atoms with van der Waals surface area (Å²) in [6, 6.07) is 6.84. The quantitative estimate of drug-likeness (QED) is 0.774. The Morgan fingerprint density at radius 1 is 1.00 bits per heavy atom. The maximum atomic E-state index is 13.2. The Labute approximate surface area is 178 Å². The standard InChI is InChI=1S/C25H31FN4/c26-21-3-1-17(2-4-21)13-30-6-5-22-23(14-30)28-16-29-24(22)27-15-25-10-18-7-19(11-25)9-20(8-18)12-25/h1-4,16,18-20H,5-15H2,(H,27,28,29). The molecule has 2 heterocycles. The second kappa shape index (κ2) is 7.30. The third-order valence-electron chi connectivity index (χ3n) is 8.20. The number of fused-ring (bicyclic) bond motifs is 1. The lowest BCUT2D eigenvalue weighted by molar-refractivity contribution is -0.0444. The van der Waals surface area contributed by atoms with Crippen molar-refractivity contribution in [2.24, 2.45) is 23.2 Å². The van der Waals surface area contributed by atoms with Gasteiger partial charge in [0.25, 0.3) is 0 Å². The highest BCUT2D eigenvalue weighted by Gasteiger charge is 2.50. The van der Waals surface area contributed by atoms with Crippen LogP contribution in [0.3, 0.4) is 0 Å². The summed E-state index contributed by atoms with van der Waals surface area (Å²) in [4.78, 5) is 11.6. The van der Waals surface area contributed by atoms with Crippen LogP contribution in [0.1, 0.15) is 55.3 Å². The molecule has 4 bridgehead atoms. The Morgan fingerprint density at radius 3 is 2.40 bits per heavy atom. The predicted octanol–water partition coefficient (Wildman–Crippen LogP) is 4.80. The molecular formula is C25H31FN4. The van der Waals surface area contributed by atoms with Crippen molar-refractivity contribution in [3.05, 3.63) is 53.2 Å². The summed E-state index contributed by atoms with van der Waals surface area (Å²) in [7, 11) is 0. The zero-order valence-corrected chi connectivity index (χ0v) is 17.6. The molecular weight excluding hydrogens is 375 g/mol. The molecule has 4 saturated carbocycles. The molecule has 0 atom stereocenters. The molecule has 4 aliphatic carbocycles. The summed E-state index contributed by atoms with van der Waals surface area (Å²) in [6.07, 6.45) is 11.4. The van der Waals surface area contributed by atoms with Gasteiger partial charge in [0, 0.05) is 31.7 Å². The van der Waals surface area contributed by atoms with E-state index < -0.39 is 0 Å². The second-order valence-corrected chi connectivity index (χ2v) is 10.5. The van der Waals surface area contributed by atoms with Crippen LogP contribution in [0.2, 0.25) is 0 Å². The van der Waals surface area contributed by atoms with E-state index in [2.05, 4.69) is 20.2 Å². The number of hydrogen-bond acceptors (Lipinski definition) is 4. The summed E-state index contributed by atoms with van der Waals surface area (Å²) in [5.41, 5.74) is 4.11. The van der Waals surface area contributed by atoms with E-state index in [0.29, 0.717) is 5.41 Å². The summed E-state index contributed by atoms with van der Waals surface area (Å²) in [5.74, 6) is 3.84. The smallest absolute Gasteiger partial charge is 0.132 e. The first kappa shape index (κ1) is 18.7. The fourth-order valence-corrected chi connectivity index (χ4v) is 7.32. The van der Waals surface area contributed by atoms with E-state index in [-0.39, 0.29) is 5.82 Å². The van der Waals surface area contributed by atoms with Crippen LogP contribution in [-0.2, 0) is 19.5 Å². The van der Waals surface area contributed by atoms with E-state index >= 15 is 0 Å². The van der Waals surface area contributed by atoms with E-state index in [1.165, 1.54) is 44.1 Å². The molecule has 1 aliphatic heterocycles. The van der Waals surface area contributed by atoms with Gasteiger partial charge in [0.1, 0.15) is 18.0 Å². The van der Waals surface area contributed by atoms with Crippen molar-refractivity contribution in [1.82, 2.24) is 14.9 Å². The first-order valence-electron chi connectivity index (χ1n) is 11.7. The monoisotopic (exact) mass is 406 g/mol. The molecule has 5 aliphatic rings. The molecule has 1 N–H and O–H groups in total. The van der Waals surface area contributed by atoms with E-state index in [1.807, 2.05) is 12.1 Å². The number of nitrogens with zero attached hydrogens (tertiary/aromatic N) is 3. The third kappa shape index (κ3) is 3.51. The minimum Gasteiger partial charge on any atom is -0.369 e. The Morgan fingerprint density at radius 2 is 1.70 bits per heavy atom. The minimum atomic E-state index is -0.176. The van der Waals surface area contributed by atoms with E-state index in [9.17, 15) is 4.39 Å². The SMILES string of the molecule is Fc1ccc(CN2CCc3c(ncnc3NCC34CC5CC(CC(C5)C3)C4)C2)cc1. The van der Waals surface area contributed by atoms with Crippen LogP contribution in [0, 0.1) is 29.0 Å². The highest BCUT2D eigenvalue weighted by Crippen LogP contribution is 2.59. The maximum absolute atomic E-state index is 13.2. The number of anilines is 1. The molecule has 4 fully saturated rings. The predicted molar refractivity (Wildman–Crippen MR) is 115 cm³/mol. The number of rotatable bonds is 5. The largest absolute Gasteiger partial charge is 0.369 e. The number of nitrogens with one attached hydrogen (secondary N) is 1. The van der Waals surface area contributed by atoms with Gasteiger partial charge >= 0.3 is 0 Å². The fourth-order valence-electron chi connectivity index (χ4n) is 7.32. The Hall–Kier alpha value is -2.01. The highest BCUT2D eigenvalue weighted by molar-refractivity contribution is 5.47. The summed E-state index contributed by atoms with van der Waals surface area (Å²) in [5, 5.41) is 3.79. The average molecular weight is 407 g/mol. The zero-order valence-electron chi connectivity index (χ0n) is 17.6. The van der Waals surface area contributed by atoms with Crippen LogP contribution in [0.15, 0.2) is 30.6 Å². The van der Waals surface area contributed by atoms with Crippen LogP contribution in [0.25, 0.3) is 0 Å². The number of aromatic nitrogens is 2. The van der Waals surface area contributed by atoms with Gasteiger partial charge in [-0.1, -0.05) is 12.1 Å². The first-order chi connectivity index (χ1) is 14.6. The molecule has 0 radical (unpaired) electrons. The molecule has 158 valence electrons. The van der Waals surface area contributed by atoms with Crippen LogP contribution in [0.5, 0.6) is 0 Å². The minimum absolute atomic E-state index is 0.176. The average Bonchev–Trinajstić information content (AvgIpc) is 2.73. The van der Waals surface area contributed by atoms with Gasteiger partial charge in [-0.3, -0.25) is 4.90 Å². The molecule has 1 aromatic carbocycles. The van der Waals surface area contributed by atoms with Gasteiger partial charge in [-0.15, -0.1) is 0 Å². The van der Waals surface area contributed by atoms with Gasteiger partial charge < -0.3 is 5.32 Å². The Balaban J connectivity index is 1.14. The zero-order chi connectivity index (χ0) is 20.1. The second-order valence-electron chi connectivity index (χ2n) is 10.5. The lowest BCUT2D eigenvalue weighted by Gasteiger charge is -2.57. The number of hydrogen-bond donors (Lipinski definition) is 1. The van der Waals surface area contributed by atoms with Gasteiger partial charge in [-0.05, 0) is 85.8 Å². The topological polar surface area (TPSA) is 41.1 Å². The molecule has 0 amide bonds. The molecule has 30 heavy (non-hydrogen) atoms. The van der Waals surface area contributed by atoms with Crippen LogP contribution < -0.4 is 5.32 Å². The fraction of sp³-hybridized carbons (Fsp3) is 0.600. The van der Waals surface area contributed by atoms with E-state index in [1.54, 1.807) is 18.5 Å². The number of benzene rings is 1. The van der Waals surface area contributed by atoms with Crippen molar-refractivity contribution < 1.29 is 4.39 Å². The first-order valence-corrected chi connectivity index (χ1v) is 11.7. The van der Waals surface area contributed by atoms with Crippen molar-refractivity contribution in [3.8, 4) is 0 Å². The molecule has 0 saturated heterocycles. The van der Waals surface area contributed by atoms with Gasteiger partial charge in [0.2, 0.25) is 0 Å². The van der Waals surface area contributed by atoms with Crippen molar-refractivity contribution in [1.29, 1.82) is 0 Å². The van der Waals surface area contributed by atoms with Gasteiger partial charge in [-0.2, -0.15) is 0 Å². The molecule has 1 aromatic heterocycles. The summed E-state index contributed by atoms with van der Waals surface area (Å²) >= 11 is 0. The van der Waals surface area contributed by atoms with Gasteiger partial charge in [0.05, 0.1) is 5.69 Å². The normalized spacial score (nSPS) is 32.2. The molecule has 5 heteroatoms. The van der Waals surface area contributed by atoms with Crippen molar-refractivity contribution >= 4 is 5.82 Å². The maximum Gasteiger partial charge on any atom is 0.132 e. The van der Waals surface area contributed by atoms with Crippen LogP contribution >= 0.6 is 0 Å². The lowest BCUT2D eigenvalue weighted by Crippen LogP contribution is -2.49. The summed E-state index contributed by atoms with van der Waals surface area (Å²) in [6.45, 7) is 3.74. The van der Waals surface area contributed by atoms with Crippen LogP contribution in [-0.4, -0.2) is 28.0 Å². The number of halogens is 1.